The molecule has 0 aliphatic carbocycles. The second-order valence-corrected chi connectivity index (χ2v) is 24.9. The number of amides is 1. The predicted octanol–water partition coefficient (Wildman–Crippen LogP) is 23.0. The zero-order valence-electron chi connectivity index (χ0n) is 52.7. The number of aliphatic hydroxyl groups is 2. The summed E-state index contributed by atoms with van der Waals surface area (Å²) in [7, 11) is 0. The van der Waals surface area contributed by atoms with Gasteiger partial charge in [-0.05, 0) is 25.7 Å². The van der Waals surface area contributed by atoms with Gasteiger partial charge in [0.2, 0.25) is 5.91 Å². The third-order valence-electron chi connectivity index (χ3n) is 17.2. The topological polar surface area (TPSA) is 95.9 Å². The van der Waals surface area contributed by atoms with E-state index in [-0.39, 0.29) is 18.5 Å². The Morgan fingerprint density at radius 1 is 0.312 bits per heavy atom. The molecule has 460 valence electrons. The van der Waals surface area contributed by atoms with Crippen LogP contribution in [0.3, 0.4) is 0 Å². The van der Waals surface area contributed by atoms with Gasteiger partial charge in [-0.1, -0.05) is 380 Å². The average molecular weight is 1090 g/mol. The molecule has 0 saturated carbocycles. The molecule has 0 radical (unpaired) electrons. The van der Waals surface area contributed by atoms with Crippen molar-refractivity contribution in [2.45, 2.75) is 431 Å². The Hall–Kier alpha value is -1.14. The van der Waals surface area contributed by atoms with Gasteiger partial charge >= 0.3 is 5.97 Å². The van der Waals surface area contributed by atoms with E-state index >= 15 is 0 Å². The molecule has 0 aliphatic heterocycles. The first kappa shape index (κ1) is 75.9. The van der Waals surface area contributed by atoms with Crippen molar-refractivity contribution in [2.24, 2.45) is 0 Å². The number of ether oxygens (including phenoxy) is 1. The van der Waals surface area contributed by atoms with Crippen LogP contribution in [0, 0.1) is 0 Å². The number of rotatable bonds is 68. The SMILES string of the molecule is CCCCCCCCCCCCCCCCCCCC(O)C(CO)NC(=O)CCCCCCCCCCCCCCCCCCCCCCCCCCCCCOC(=O)CCCCCCCCCCCCCCCCCC. The molecule has 0 aliphatic rings. The van der Waals surface area contributed by atoms with Crippen LogP contribution in [0.4, 0.5) is 0 Å². The highest BCUT2D eigenvalue weighted by Gasteiger charge is 2.20. The first-order valence-electron chi connectivity index (χ1n) is 35.8. The van der Waals surface area contributed by atoms with Gasteiger partial charge in [0.25, 0.3) is 0 Å². The largest absolute Gasteiger partial charge is 0.466 e. The minimum absolute atomic E-state index is 0.0229. The first-order valence-corrected chi connectivity index (χ1v) is 35.8. The molecule has 6 heteroatoms. The summed E-state index contributed by atoms with van der Waals surface area (Å²) in [5, 5.41) is 23.4. The highest BCUT2D eigenvalue weighted by Crippen LogP contribution is 2.20. The zero-order chi connectivity index (χ0) is 55.7. The quantitative estimate of drug-likeness (QED) is 0.0417. The van der Waals surface area contributed by atoms with Gasteiger partial charge in [0.1, 0.15) is 0 Å². The lowest BCUT2D eigenvalue weighted by Crippen LogP contribution is -2.45. The van der Waals surface area contributed by atoms with Crippen LogP contribution in [0.15, 0.2) is 0 Å². The van der Waals surface area contributed by atoms with E-state index in [9.17, 15) is 19.8 Å². The summed E-state index contributed by atoms with van der Waals surface area (Å²) in [5.41, 5.74) is 0. The molecule has 0 aromatic rings. The molecule has 0 heterocycles. The maximum absolute atomic E-state index is 12.5. The van der Waals surface area contributed by atoms with Crippen LogP contribution in [0.2, 0.25) is 0 Å². The van der Waals surface area contributed by atoms with Gasteiger partial charge in [-0.3, -0.25) is 9.59 Å². The second-order valence-electron chi connectivity index (χ2n) is 24.9. The van der Waals surface area contributed by atoms with Crippen molar-refractivity contribution in [2.75, 3.05) is 13.2 Å². The van der Waals surface area contributed by atoms with Crippen molar-refractivity contribution in [1.29, 1.82) is 0 Å². The van der Waals surface area contributed by atoms with Crippen molar-refractivity contribution >= 4 is 11.9 Å². The molecule has 2 atom stereocenters. The molecule has 0 aromatic carbocycles. The lowest BCUT2D eigenvalue weighted by Gasteiger charge is -2.22. The van der Waals surface area contributed by atoms with Gasteiger partial charge in [0.15, 0.2) is 0 Å². The van der Waals surface area contributed by atoms with E-state index in [1.54, 1.807) is 0 Å². The third kappa shape index (κ3) is 63.9. The van der Waals surface area contributed by atoms with Crippen LogP contribution in [0.25, 0.3) is 0 Å². The Morgan fingerprint density at radius 3 is 0.792 bits per heavy atom. The number of nitrogens with one attached hydrogen (secondary N) is 1. The molecular formula is C71H141NO5. The van der Waals surface area contributed by atoms with Crippen molar-refractivity contribution in [3.63, 3.8) is 0 Å². The fourth-order valence-electron chi connectivity index (χ4n) is 11.7. The van der Waals surface area contributed by atoms with E-state index in [0.29, 0.717) is 25.9 Å². The number of carbonyl (C=O) groups is 2. The van der Waals surface area contributed by atoms with Gasteiger partial charge < -0.3 is 20.3 Å². The Labute approximate surface area is 483 Å². The number of carbonyl (C=O) groups excluding carboxylic acids is 2. The van der Waals surface area contributed by atoms with Crippen molar-refractivity contribution in [3.05, 3.63) is 0 Å². The van der Waals surface area contributed by atoms with Crippen molar-refractivity contribution in [3.8, 4) is 0 Å². The lowest BCUT2D eigenvalue weighted by atomic mass is 10.0. The molecule has 0 fully saturated rings. The maximum atomic E-state index is 12.5. The number of hydrogen-bond donors (Lipinski definition) is 3. The van der Waals surface area contributed by atoms with Crippen molar-refractivity contribution in [1.82, 2.24) is 5.32 Å². The van der Waals surface area contributed by atoms with E-state index < -0.39 is 12.1 Å². The fourth-order valence-corrected chi connectivity index (χ4v) is 11.7. The zero-order valence-corrected chi connectivity index (χ0v) is 52.7. The number of esters is 1. The van der Waals surface area contributed by atoms with Gasteiger partial charge in [0.05, 0.1) is 25.4 Å². The smallest absolute Gasteiger partial charge is 0.305 e. The molecule has 0 rings (SSSR count). The maximum Gasteiger partial charge on any atom is 0.305 e. The van der Waals surface area contributed by atoms with E-state index in [0.717, 1.165) is 38.5 Å². The molecule has 0 bridgehead atoms. The van der Waals surface area contributed by atoms with Crippen LogP contribution in [-0.2, 0) is 14.3 Å². The summed E-state index contributed by atoms with van der Waals surface area (Å²) in [6, 6.07) is -0.538. The lowest BCUT2D eigenvalue weighted by molar-refractivity contribution is -0.143. The predicted molar refractivity (Wildman–Crippen MR) is 338 cm³/mol. The number of hydrogen-bond acceptors (Lipinski definition) is 5. The normalized spacial score (nSPS) is 12.4. The number of unbranched alkanes of at least 4 members (excludes halogenated alkanes) is 57. The Bertz CT molecular complexity index is 1120. The molecule has 3 N–H and O–H groups in total. The van der Waals surface area contributed by atoms with Crippen LogP contribution >= 0.6 is 0 Å². The first-order chi connectivity index (χ1) is 38.0. The molecule has 0 saturated heterocycles. The highest BCUT2D eigenvalue weighted by molar-refractivity contribution is 5.76. The van der Waals surface area contributed by atoms with E-state index in [1.165, 1.54) is 347 Å². The summed E-state index contributed by atoms with van der Waals surface area (Å²) in [5.74, 6) is -0.00478. The summed E-state index contributed by atoms with van der Waals surface area (Å²) < 4.78 is 5.51. The van der Waals surface area contributed by atoms with E-state index in [4.69, 9.17) is 4.74 Å². The third-order valence-corrected chi connectivity index (χ3v) is 17.2. The van der Waals surface area contributed by atoms with Crippen molar-refractivity contribution < 1.29 is 24.5 Å². The standard InChI is InChI=1S/C71H141NO5/c1-3-5-7-9-11-13-15-17-19-32-35-39-43-47-51-55-59-63-69(74)68(67-73)72-70(75)64-60-56-52-48-44-40-36-33-30-28-26-24-22-21-23-25-27-29-31-34-38-42-46-50-54-58-62-66-77-71(76)65-61-57-53-49-45-41-37-20-18-16-14-12-10-8-6-4-2/h68-69,73-74H,3-67H2,1-2H3,(H,72,75). The van der Waals surface area contributed by atoms with Crippen LogP contribution in [-0.4, -0.2) is 47.4 Å². The average Bonchev–Trinajstić information content (AvgIpc) is 3.43. The van der Waals surface area contributed by atoms with Crippen LogP contribution in [0.1, 0.15) is 418 Å². The van der Waals surface area contributed by atoms with Gasteiger partial charge in [-0.25, -0.2) is 0 Å². The minimum Gasteiger partial charge on any atom is -0.466 e. The second kappa shape index (κ2) is 67.4. The summed E-state index contributed by atoms with van der Waals surface area (Å²) >= 11 is 0. The Kier molecular flexibility index (Phi) is 66.4. The fraction of sp³-hybridized carbons (Fsp3) is 0.972. The summed E-state index contributed by atoms with van der Waals surface area (Å²) in [6.07, 6.45) is 81.5. The monoisotopic (exact) mass is 1090 g/mol. The van der Waals surface area contributed by atoms with Crippen LogP contribution in [0.5, 0.6) is 0 Å². The van der Waals surface area contributed by atoms with E-state index in [1.807, 2.05) is 0 Å². The minimum atomic E-state index is -0.661. The van der Waals surface area contributed by atoms with Gasteiger partial charge in [-0.15, -0.1) is 0 Å². The van der Waals surface area contributed by atoms with Crippen LogP contribution < -0.4 is 5.32 Å². The summed E-state index contributed by atoms with van der Waals surface area (Å²) in [4.78, 5) is 24.6. The molecule has 1 amide bonds. The number of aliphatic hydroxyl groups excluding tert-OH is 2. The van der Waals surface area contributed by atoms with E-state index in [2.05, 4.69) is 19.2 Å². The van der Waals surface area contributed by atoms with Gasteiger partial charge in [0, 0.05) is 12.8 Å². The Balaban J connectivity index is 3.32. The summed E-state index contributed by atoms with van der Waals surface area (Å²) in [6.45, 7) is 5.01. The van der Waals surface area contributed by atoms with Gasteiger partial charge in [-0.2, -0.15) is 0 Å². The molecular weight excluding hydrogens is 947 g/mol. The Morgan fingerprint density at radius 2 is 0.532 bits per heavy atom. The molecule has 2 unspecified atom stereocenters. The molecule has 0 aromatic heterocycles. The molecule has 0 spiro atoms. The highest BCUT2D eigenvalue weighted by atomic mass is 16.5. The molecule has 6 nitrogen and oxygen atoms in total. The molecule has 77 heavy (non-hydrogen) atoms.